The van der Waals surface area contributed by atoms with Crippen molar-refractivity contribution < 1.29 is 23.1 Å². The molecule has 0 fully saturated rings. The number of halogens is 3. The Kier molecular flexibility index (Phi) is 5.32. The first kappa shape index (κ1) is 20.7. The van der Waals surface area contributed by atoms with E-state index in [0.717, 1.165) is 9.42 Å². The molecule has 0 atom stereocenters. The number of pyridine rings is 1. The minimum Gasteiger partial charge on any atom is -0.443 e. The summed E-state index contributed by atoms with van der Waals surface area (Å²) < 4.78 is 34.5. The van der Waals surface area contributed by atoms with Gasteiger partial charge in [0.05, 0.1) is 10.6 Å². The number of carbonyl (C=O) groups is 2. The Labute approximate surface area is 170 Å². The number of hydrogen-bond acceptors (Lipinski definition) is 4. The van der Waals surface area contributed by atoms with Gasteiger partial charge in [0.2, 0.25) is 0 Å². The number of aromatic nitrogens is 2. The molecule has 2 heterocycles. The van der Waals surface area contributed by atoms with E-state index in [1.54, 1.807) is 20.8 Å². The molecule has 1 aromatic carbocycles. The normalized spacial score (nSPS) is 11.6. The lowest BCUT2D eigenvalue weighted by Crippen LogP contribution is -2.38. The van der Waals surface area contributed by atoms with Crippen LogP contribution in [0, 0.1) is 11.6 Å². The Morgan fingerprint density at radius 3 is 2.34 bits per heavy atom. The molecule has 2 aromatic heterocycles. The average molecular weight is 422 g/mol. The van der Waals surface area contributed by atoms with Gasteiger partial charge in [0.25, 0.3) is 5.91 Å². The van der Waals surface area contributed by atoms with E-state index >= 15 is 0 Å². The highest BCUT2D eigenvalue weighted by Crippen LogP contribution is 2.31. The van der Waals surface area contributed by atoms with E-state index in [2.05, 4.69) is 5.10 Å². The number of imide groups is 1. The third-order valence-electron chi connectivity index (χ3n) is 3.99. The molecule has 0 aliphatic carbocycles. The van der Waals surface area contributed by atoms with Crippen LogP contribution in [-0.4, -0.2) is 39.2 Å². The fraction of sp³-hybridized carbons (Fsp3) is 0.250. The molecule has 0 spiro atoms. The first-order valence-electron chi connectivity index (χ1n) is 8.63. The Morgan fingerprint density at radius 1 is 1.14 bits per heavy atom. The van der Waals surface area contributed by atoms with Gasteiger partial charge in [-0.1, -0.05) is 11.6 Å². The molecule has 0 radical (unpaired) electrons. The lowest BCUT2D eigenvalue weighted by Gasteiger charge is -2.23. The van der Waals surface area contributed by atoms with Crippen molar-refractivity contribution in [2.24, 2.45) is 0 Å². The molecule has 0 saturated carbocycles. The predicted octanol–water partition coefficient (Wildman–Crippen LogP) is 4.94. The molecule has 6 nitrogen and oxygen atoms in total. The van der Waals surface area contributed by atoms with Gasteiger partial charge >= 0.3 is 6.09 Å². The smallest absolute Gasteiger partial charge is 0.417 e. The lowest BCUT2D eigenvalue weighted by atomic mass is 10.1. The lowest BCUT2D eigenvalue weighted by molar-refractivity contribution is 0.0285. The number of hydrogen-bond donors (Lipinski definition) is 0. The molecule has 0 unspecified atom stereocenters. The van der Waals surface area contributed by atoms with Crippen molar-refractivity contribution in [3.8, 4) is 11.3 Å². The number of amides is 2. The van der Waals surface area contributed by atoms with Crippen LogP contribution >= 0.6 is 11.6 Å². The van der Waals surface area contributed by atoms with Gasteiger partial charge in [-0.15, -0.1) is 0 Å². The number of fused-ring (bicyclic) bond motifs is 1. The van der Waals surface area contributed by atoms with Crippen LogP contribution in [0.4, 0.5) is 13.6 Å². The maximum absolute atomic E-state index is 14.8. The Morgan fingerprint density at radius 2 is 1.76 bits per heavy atom. The number of ether oxygens (including phenoxy) is 1. The minimum atomic E-state index is -0.908. The molecule has 0 N–H and O–H groups in total. The topological polar surface area (TPSA) is 63.9 Å². The number of benzene rings is 1. The van der Waals surface area contributed by atoms with E-state index in [-0.39, 0.29) is 21.8 Å². The Bertz CT molecular complexity index is 1100. The van der Waals surface area contributed by atoms with Crippen molar-refractivity contribution in [2.75, 3.05) is 7.05 Å². The molecule has 0 bridgehead atoms. The summed E-state index contributed by atoms with van der Waals surface area (Å²) >= 11 is 5.89. The summed E-state index contributed by atoms with van der Waals surface area (Å²) in [5.74, 6) is -2.18. The van der Waals surface area contributed by atoms with E-state index in [9.17, 15) is 18.4 Å². The van der Waals surface area contributed by atoms with Crippen LogP contribution in [0.15, 0.2) is 36.5 Å². The van der Waals surface area contributed by atoms with Crippen LogP contribution in [0.25, 0.3) is 16.8 Å². The quantitative estimate of drug-likeness (QED) is 0.588. The molecule has 152 valence electrons. The summed E-state index contributed by atoms with van der Waals surface area (Å²) in [7, 11) is 1.22. The van der Waals surface area contributed by atoms with Crippen LogP contribution in [0.2, 0.25) is 5.02 Å². The van der Waals surface area contributed by atoms with Crippen LogP contribution in [0.5, 0.6) is 0 Å². The molecular formula is C20H18ClF2N3O3. The van der Waals surface area contributed by atoms with Crippen molar-refractivity contribution in [1.82, 2.24) is 14.5 Å². The summed E-state index contributed by atoms with van der Waals surface area (Å²) in [4.78, 5) is 26.3. The molecule has 29 heavy (non-hydrogen) atoms. The fourth-order valence-electron chi connectivity index (χ4n) is 2.67. The van der Waals surface area contributed by atoms with E-state index in [1.807, 2.05) is 0 Å². The molecule has 3 rings (SSSR count). The van der Waals surface area contributed by atoms with Gasteiger partial charge in [0, 0.05) is 18.8 Å². The maximum Gasteiger partial charge on any atom is 0.417 e. The molecule has 2 amide bonds. The van der Waals surface area contributed by atoms with Crippen molar-refractivity contribution in [2.45, 2.75) is 26.4 Å². The predicted molar refractivity (Wildman–Crippen MR) is 104 cm³/mol. The third-order valence-corrected chi connectivity index (χ3v) is 4.29. The van der Waals surface area contributed by atoms with Crippen molar-refractivity contribution in [3.05, 3.63) is 58.7 Å². The Hall–Kier alpha value is -3.00. The zero-order valence-corrected chi connectivity index (χ0v) is 16.9. The summed E-state index contributed by atoms with van der Waals surface area (Å²) in [6.45, 7) is 4.96. The zero-order chi connectivity index (χ0) is 21.5. The number of rotatable bonds is 2. The second-order valence-corrected chi connectivity index (χ2v) is 7.75. The van der Waals surface area contributed by atoms with Gasteiger partial charge in [0.1, 0.15) is 22.6 Å². The van der Waals surface area contributed by atoms with Crippen molar-refractivity contribution in [1.29, 1.82) is 0 Å². The summed E-state index contributed by atoms with van der Waals surface area (Å²) in [5, 5.41) is 4.04. The molecular weight excluding hydrogens is 404 g/mol. The SMILES string of the molecule is CN(C(=O)OC(C)(C)C)C(=O)c1c(-c2ccc(F)cc2)nn2ccc(Cl)c(F)c12. The number of carbonyl (C=O) groups excluding carboxylic acids is 2. The van der Waals surface area contributed by atoms with Gasteiger partial charge < -0.3 is 4.74 Å². The highest BCUT2D eigenvalue weighted by Gasteiger charge is 2.31. The fourth-order valence-corrected chi connectivity index (χ4v) is 2.81. The van der Waals surface area contributed by atoms with Crippen LogP contribution < -0.4 is 0 Å². The van der Waals surface area contributed by atoms with E-state index in [0.29, 0.717) is 5.56 Å². The molecule has 0 aliphatic rings. The first-order chi connectivity index (χ1) is 13.5. The van der Waals surface area contributed by atoms with Crippen molar-refractivity contribution in [3.63, 3.8) is 0 Å². The van der Waals surface area contributed by atoms with Gasteiger partial charge in [-0.05, 0) is 51.1 Å². The second kappa shape index (κ2) is 7.44. The maximum atomic E-state index is 14.8. The van der Waals surface area contributed by atoms with Crippen LogP contribution in [0.1, 0.15) is 31.1 Å². The van der Waals surface area contributed by atoms with Gasteiger partial charge in [-0.2, -0.15) is 5.10 Å². The van der Waals surface area contributed by atoms with Gasteiger partial charge in [0.15, 0.2) is 5.82 Å². The highest BCUT2D eigenvalue weighted by atomic mass is 35.5. The average Bonchev–Trinajstić information content (AvgIpc) is 3.03. The number of nitrogens with zero attached hydrogens (tertiary/aromatic N) is 3. The zero-order valence-electron chi connectivity index (χ0n) is 16.2. The summed E-state index contributed by atoms with van der Waals surface area (Å²) in [5.41, 5.74) is -0.776. The molecule has 9 heteroatoms. The van der Waals surface area contributed by atoms with Crippen LogP contribution in [-0.2, 0) is 4.74 Å². The van der Waals surface area contributed by atoms with Gasteiger partial charge in [-0.25, -0.2) is 23.0 Å². The highest BCUT2D eigenvalue weighted by molar-refractivity contribution is 6.31. The minimum absolute atomic E-state index is 0.0755. The Balaban J connectivity index is 2.19. The van der Waals surface area contributed by atoms with E-state index < -0.39 is 29.2 Å². The van der Waals surface area contributed by atoms with Crippen LogP contribution in [0.3, 0.4) is 0 Å². The monoisotopic (exact) mass is 421 g/mol. The van der Waals surface area contributed by atoms with Gasteiger partial charge in [-0.3, -0.25) is 4.79 Å². The van der Waals surface area contributed by atoms with E-state index in [4.69, 9.17) is 16.3 Å². The molecule has 0 saturated heterocycles. The summed E-state index contributed by atoms with van der Waals surface area (Å²) in [6.07, 6.45) is 0.479. The second-order valence-electron chi connectivity index (χ2n) is 7.35. The first-order valence-corrected chi connectivity index (χ1v) is 9.00. The molecule has 3 aromatic rings. The third kappa shape index (κ3) is 4.07. The van der Waals surface area contributed by atoms with Crippen molar-refractivity contribution >= 4 is 29.1 Å². The standard InChI is InChI=1S/C20H18ClF2N3O3/c1-20(2,3)29-19(28)25(4)18(27)14-16(11-5-7-12(22)8-6-11)24-26-10-9-13(21)15(23)17(14)26/h5-10H,1-4H3. The largest absolute Gasteiger partial charge is 0.443 e. The van der Waals surface area contributed by atoms with E-state index in [1.165, 1.54) is 43.6 Å². The summed E-state index contributed by atoms with van der Waals surface area (Å²) in [6, 6.07) is 6.47. The molecule has 0 aliphatic heterocycles.